The molecule has 2 heterocycles. The van der Waals surface area contributed by atoms with Gasteiger partial charge in [0, 0.05) is 12.6 Å². The fourth-order valence-corrected chi connectivity index (χ4v) is 4.25. The molecular formula is C17H22FN3. The zero-order valence-corrected chi connectivity index (χ0v) is 12.5. The van der Waals surface area contributed by atoms with E-state index in [9.17, 15) is 4.39 Å². The average molecular weight is 287 g/mol. The van der Waals surface area contributed by atoms with Gasteiger partial charge < -0.3 is 9.88 Å². The first-order chi connectivity index (χ1) is 10.3. The standard InChI is InChI=1S/C17H22FN3/c1-2-21-15-9-5-7-12(18)16(15)20-17(21)14-10-11-6-3-4-8-13(11)19-14/h5,7,9,11,13-14,19H,2-4,6,8,10H2,1H3. The molecule has 1 saturated heterocycles. The summed E-state index contributed by atoms with van der Waals surface area (Å²) in [5, 5.41) is 3.76. The van der Waals surface area contributed by atoms with E-state index in [2.05, 4.69) is 21.8 Å². The first-order valence-electron chi connectivity index (χ1n) is 8.18. The average Bonchev–Trinajstić information content (AvgIpc) is 3.08. The molecule has 3 unspecified atom stereocenters. The van der Waals surface area contributed by atoms with Gasteiger partial charge >= 0.3 is 0 Å². The maximum absolute atomic E-state index is 14.0. The van der Waals surface area contributed by atoms with Crippen LogP contribution in [-0.2, 0) is 6.54 Å². The van der Waals surface area contributed by atoms with Crippen LogP contribution in [0.5, 0.6) is 0 Å². The molecule has 2 aliphatic rings. The highest BCUT2D eigenvalue weighted by Gasteiger charge is 2.37. The Morgan fingerprint density at radius 2 is 2.19 bits per heavy atom. The molecule has 1 aromatic heterocycles. The van der Waals surface area contributed by atoms with Crippen molar-refractivity contribution in [1.29, 1.82) is 0 Å². The van der Waals surface area contributed by atoms with Gasteiger partial charge in [0.25, 0.3) is 0 Å². The van der Waals surface area contributed by atoms with E-state index in [4.69, 9.17) is 0 Å². The number of aromatic nitrogens is 2. The van der Waals surface area contributed by atoms with E-state index in [0.717, 1.165) is 30.2 Å². The van der Waals surface area contributed by atoms with E-state index in [0.29, 0.717) is 11.6 Å². The van der Waals surface area contributed by atoms with Gasteiger partial charge in [-0.1, -0.05) is 18.9 Å². The van der Waals surface area contributed by atoms with Crippen LogP contribution in [0.25, 0.3) is 11.0 Å². The Balaban J connectivity index is 1.75. The van der Waals surface area contributed by atoms with Crippen molar-refractivity contribution in [1.82, 2.24) is 14.9 Å². The summed E-state index contributed by atoms with van der Waals surface area (Å²) in [5.74, 6) is 1.59. The molecule has 1 aliphatic heterocycles. The predicted molar refractivity (Wildman–Crippen MR) is 81.6 cm³/mol. The minimum atomic E-state index is -0.212. The van der Waals surface area contributed by atoms with Crippen LogP contribution in [0.2, 0.25) is 0 Å². The van der Waals surface area contributed by atoms with Crippen molar-refractivity contribution in [3.8, 4) is 0 Å². The summed E-state index contributed by atoms with van der Waals surface area (Å²) in [6.07, 6.45) is 6.44. The maximum Gasteiger partial charge on any atom is 0.151 e. The summed E-state index contributed by atoms with van der Waals surface area (Å²) in [7, 11) is 0. The number of halogens is 1. The Morgan fingerprint density at radius 1 is 1.33 bits per heavy atom. The molecule has 1 aromatic carbocycles. The molecular weight excluding hydrogens is 265 g/mol. The van der Waals surface area contributed by atoms with Gasteiger partial charge in [-0.05, 0) is 44.2 Å². The third kappa shape index (κ3) is 2.08. The minimum Gasteiger partial charge on any atom is -0.327 e. The molecule has 0 bridgehead atoms. The van der Waals surface area contributed by atoms with E-state index in [1.165, 1.54) is 31.7 Å². The molecule has 21 heavy (non-hydrogen) atoms. The molecule has 0 spiro atoms. The van der Waals surface area contributed by atoms with Gasteiger partial charge in [-0.2, -0.15) is 0 Å². The molecule has 1 saturated carbocycles. The van der Waals surface area contributed by atoms with Gasteiger partial charge in [0.1, 0.15) is 11.3 Å². The number of rotatable bonds is 2. The molecule has 2 aromatic rings. The lowest BCUT2D eigenvalue weighted by Crippen LogP contribution is -2.31. The van der Waals surface area contributed by atoms with Crippen molar-refractivity contribution in [3.05, 3.63) is 29.8 Å². The maximum atomic E-state index is 14.0. The van der Waals surface area contributed by atoms with Crippen LogP contribution in [0.4, 0.5) is 4.39 Å². The molecule has 3 atom stereocenters. The van der Waals surface area contributed by atoms with Crippen LogP contribution in [0.3, 0.4) is 0 Å². The van der Waals surface area contributed by atoms with Crippen molar-refractivity contribution >= 4 is 11.0 Å². The van der Waals surface area contributed by atoms with E-state index in [1.807, 2.05) is 6.07 Å². The fraction of sp³-hybridized carbons (Fsp3) is 0.588. The van der Waals surface area contributed by atoms with E-state index >= 15 is 0 Å². The van der Waals surface area contributed by atoms with Crippen molar-refractivity contribution < 1.29 is 4.39 Å². The van der Waals surface area contributed by atoms with Crippen LogP contribution in [0.15, 0.2) is 18.2 Å². The highest BCUT2D eigenvalue weighted by atomic mass is 19.1. The van der Waals surface area contributed by atoms with Gasteiger partial charge in [0.05, 0.1) is 11.6 Å². The number of benzene rings is 1. The second-order valence-electron chi connectivity index (χ2n) is 6.43. The topological polar surface area (TPSA) is 29.9 Å². The smallest absolute Gasteiger partial charge is 0.151 e. The SMILES string of the molecule is CCn1c(C2CC3CCCCC3N2)nc2c(F)cccc21. The molecule has 4 heteroatoms. The summed E-state index contributed by atoms with van der Waals surface area (Å²) >= 11 is 0. The normalized spacial score (nSPS) is 29.0. The Bertz CT molecular complexity index is 649. The second kappa shape index (κ2) is 5.09. The third-order valence-electron chi connectivity index (χ3n) is 5.25. The molecule has 0 radical (unpaired) electrons. The zero-order valence-electron chi connectivity index (χ0n) is 12.5. The highest BCUT2D eigenvalue weighted by molar-refractivity contribution is 5.76. The van der Waals surface area contributed by atoms with Gasteiger partial charge in [-0.15, -0.1) is 0 Å². The molecule has 1 N–H and O–H groups in total. The van der Waals surface area contributed by atoms with Gasteiger partial charge in [-0.3, -0.25) is 0 Å². The first kappa shape index (κ1) is 13.3. The Labute approximate surface area is 124 Å². The first-order valence-corrected chi connectivity index (χ1v) is 8.18. The van der Waals surface area contributed by atoms with Crippen LogP contribution in [0, 0.1) is 11.7 Å². The third-order valence-corrected chi connectivity index (χ3v) is 5.25. The lowest BCUT2D eigenvalue weighted by Gasteiger charge is -2.24. The van der Waals surface area contributed by atoms with E-state index in [1.54, 1.807) is 6.07 Å². The van der Waals surface area contributed by atoms with Gasteiger partial charge in [0.2, 0.25) is 0 Å². The summed E-state index contributed by atoms with van der Waals surface area (Å²) < 4.78 is 16.2. The summed E-state index contributed by atoms with van der Waals surface area (Å²) in [6.45, 7) is 2.94. The lowest BCUT2D eigenvalue weighted by atomic mass is 9.85. The van der Waals surface area contributed by atoms with Crippen LogP contribution in [0.1, 0.15) is 50.9 Å². The zero-order chi connectivity index (χ0) is 14.4. The Hall–Kier alpha value is -1.42. The highest BCUT2D eigenvalue weighted by Crippen LogP contribution is 2.39. The molecule has 112 valence electrons. The summed E-state index contributed by atoms with van der Waals surface area (Å²) in [6, 6.07) is 6.17. The number of imidazole rings is 1. The molecule has 2 fully saturated rings. The fourth-order valence-electron chi connectivity index (χ4n) is 4.25. The lowest BCUT2D eigenvalue weighted by molar-refractivity contribution is 0.325. The summed E-state index contributed by atoms with van der Waals surface area (Å²) in [5.41, 5.74) is 1.44. The number of aryl methyl sites for hydroxylation is 1. The van der Waals surface area contributed by atoms with Crippen molar-refractivity contribution in [3.63, 3.8) is 0 Å². The number of para-hydroxylation sites is 1. The van der Waals surface area contributed by atoms with E-state index in [-0.39, 0.29) is 11.9 Å². The molecule has 3 nitrogen and oxygen atoms in total. The van der Waals surface area contributed by atoms with Crippen molar-refractivity contribution in [2.24, 2.45) is 5.92 Å². The quantitative estimate of drug-likeness (QED) is 0.910. The number of nitrogens with zero attached hydrogens (tertiary/aromatic N) is 2. The number of hydrogen-bond acceptors (Lipinski definition) is 2. The Kier molecular flexibility index (Phi) is 3.21. The molecule has 0 amide bonds. The van der Waals surface area contributed by atoms with Crippen LogP contribution >= 0.6 is 0 Å². The minimum absolute atomic E-state index is 0.212. The molecule has 1 aliphatic carbocycles. The van der Waals surface area contributed by atoms with Crippen molar-refractivity contribution in [2.45, 2.75) is 57.7 Å². The second-order valence-corrected chi connectivity index (χ2v) is 6.43. The van der Waals surface area contributed by atoms with E-state index < -0.39 is 0 Å². The van der Waals surface area contributed by atoms with Crippen LogP contribution < -0.4 is 5.32 Å². The van der Waals surface area contributed by atoms with Crippen LogP contribution in [-0.4, -0.2) is 15.6 Å². The number of hydrogen-bond donors (Lipinski definition) is 1. The van der Waals surface area contributed by atoms with Gasteiger partial charge in [-0.25, -0.2) is 9.37 Å². The number of nitrogens with one attached hydrogen (secondary N) is 1. The summed E-state index contributed by atoms with van der Waals surface area (Å²) in [4.78, 5) is 4.65. The monoisotopic (exact) mass is 287 g/mol. The molecule has 4 rings (SSSR count). The number of fused-ring (bicyclic) bond motifs is 2. The van der Waals surface area contributed by atoms with Gasteiger partial charge in [0.15, 0.2) is 5.82 Å². The largest absolute Gasteiger partial charge is 0.327 e. The van der Waals surface area contributed by atoms with Crippen molar-refractivity contribution in [2.75, 3.05) is 0 Å². The predicted octanol–water partition coefficient (Wildman–Crippen LogP) is 3.79. The Morgan fingerprint density at radius 3 is 3.00 bits per heavy atom.